The van der Waals surface area contributed by atoms with Gasteiger partial charge in [0.1, 0.15) is 17.6 Å². The summed E-state index contributed by atoms with van der Waals surface area (Å²) in [7, 11) is 0. The van der Waals surface area contributed by atoms with Gasteiger partial charge in [-0.05, 0) is 64.5 Å². The lowest BCUT2D eigenvalue weighted by Gasteiger charge is -2.25. The molecule has 1 aromatic heterocycles. The molecule has 27 heavy (non-hydrogen) atoms. The molecule has 1 aliphatic heterocycles. The van der Waals surface area contributed by atoms with Crippen molar-refractivity contribution in [3.05, 3.63) is 70.0 Å². The van der Waals surface area contributed by atoms with Gasteiger partial charge in [-0.1, -0.05) is 21.0 Å². The van der Waals surface area contributed by atoms with Gasteiger partial charge in [-0.25, -0.2) is 4.39 Å². The Labute approximate surface area is 159 Å². The molecule has 1 aliphatic rings. The number of anilines is 1. The van der Waals surface area contributed by atoms with Crippen molar-refractivity contribution in [2.24, 2.45) is 0 Å². The number of hydrogen-bond acceptors (Lipinski definition) is 5. The first-order valence-corrected chi connectivity index (χ1v) is 8.57. The van der Waals surface area contributed by atoms with Crippen LogP contribution in [-0.2, 0) is 0 Å². The molecule has 0 unspecified atom stereocenters. The molecule has 0 fully saturated rings. The summed E-state index contributed by atoms with van der Waals surface area (Å²) in [6.45, 7) is -2.97. The van der Waals surface area contributed by atoms with Gasteiger partial charge in [-0.2, -0.15) is 13.5 Å². The van der Waals surface area contributed by atoms with Crippen LogP contribution in [-0.4, -0.2) is 26.8 Å². The molecule has 2 heterocycles. The molecule has 0 radical (unpaired) electrons. The predicted octanol–water partition coefficient (Wildman–Crippen LogP) is 4.23. The highest BCUT2D eigenvalue weighted by atomic mass is 79.9. The van der Waals surface area contributed by atoms with E-state index in [1.54, 1.807) is 30.3 Å². The number of nitrogens with one attached hydrogen (secondary N) is 1. The normalized spacial score (nSPS) is 15.9. The molecule has 138 valence electrons. The van der Waals surface area contributed by atoms with Crippen LogP contribution in [0.15, 0.2) is 53.0 Å². The molecule has 0 saturated carbocycles. The van der Waals surface area contributed by atoms with Crippen LogP contribution < -0.4 is 10.1 Å². The van der Waals surface area contributed by atoms with Crippen molar-refractivity contribution < 1.29 is 17.9 Å². The lowest BCUT2D eigenvalue weighted by atomic mass is 10.0. The topological polar surface area (TPSA) is 64.9 Å². The van der Waals surface area contributed by atoms with Crippen LogP contribution in [0.1, 0.15) is 17.2 Å². The number of allylic oxidation sites excluding steroid dienone is 1. The van der Waals surface area contributed by atoms with E-state index in [0.717, 1.165) is 0 Å². The zero-order chi connectivity index (χ0) is 19.0. The maximum atomic E-state index is 13.2. The lowest BCUT2D eigenvalue weighted by molar-refractivity contribution is -0.0506. The van der Waals surface area contributed by atoms with Crippen LogP contribution in [0.5, 0.6) is 5.75 Å². The molecule has 0 amide bonds. The van der Waals surface area contributed by atoms with Crippen molar-refractivity contribution in [2.45, 2.75) is 12.7 Å². The second-order valence-electron chi connectivity index (χ2n) is 5.66. The third kappa shape index (κ3) is 3.52. The number of rotatable bonds is 4. The van der Waals surface area contributed by atoms with E-state index in [9.17, 15) is 13.2 Å². The van der Waals surface area contributed by atoms with Gasteiger partial charge < -0.3 is 10.1 Å². The average Bonchev–Trinajstić information content (AvgIpc) is 3.11. The third-order valence-electron chi connectivity index (χ3n) is 3.99. The molecule has 6 nitrogen and oxygen atoms in total. The monoisotopic (exact) mass is 437 g/mol. The predicted molar refractivity (Wildman–Crippen MR) is 94.7 cm³/mol. The van der Waals surface area contributed by atoms with E-state index in [4.69, 9.17) is 0 Å². The number of nitrogens with zero attached hydrogens (tertiary/aromatic N) is 4. The molecule has 2 aromatic carbocycles. The van der Waals surface area contributed by atoms with Crippen LogP contribution >= 0.6 is 15.9 Å². The third-order valence-corrected chi connectivity index (χ3v) is 4.48. The Kier molecular flexibility index (Phi) is 4.56. The Morgan fingerprint density at radius 1 is 1.15 bits per heavy atom. The van der Waals surface area contributed by atoms with E-state index >= 15 is 0 Å². The number of tetrazole rings is 1. The second kappa shape index (κ2) is 7.03. The summed E-state index contributed by atoms with van der Waals surface area (Å²) in [5, 5.41) is 14.5. The standard InChI is InChI=1S/C17H11BrF3N5O/c18-10-3-6-15(27-16(20)21)12(7-10)14-8-13(9-1-4-11(19)5-2-9)22-17-23-24-25-26(14)17/h1-8,14,16H,(H,22,23,25)/t14-/m1/s1. The minimum atomic E-state index is -2.97. The number of alkyl halides is 2. The Morgan fingerprint density at radius 2 is 1.93 bits per heavy atom. The average molecular weight is 438 g/mol. The fourth-order valence-corrected chi connectivity index (χ4v) is 3.21. The Hall–Kier alpha value is -2.88. The molecule has 0 saturated heterocycles. The molecule has 0 spiro atoms. The molecule has 4 rings (SSSR count). The van der Waals surface area contributed by atoms with E-state index < -0.39 is 12.7 Å². The summed E-state index contributed by atoms with van der Waals surface area (Å²) in [4.78, 5) is 0. The molecule has 3 aromatic rings. The SMILES string of the molecule is Fc1ccc(C2=C[C@H](c3cc(Br)ccc3OC(F)F)n3nnnc3N2)cc1. The van der Waals surface area contributed by atoms with Crippen LogP contribution in [0.25, 0.3) is 5.70 Å². The molecule has 0 bridgehead atoms. The van der Waals surface area contributed by atoms with Gasteiger partial charge in [0.2, 0.25) is 5.95 Å². The maximum Gasteiger partial charge on any atom is 0.387 e. The Morgan fingerprint density at radius 3 is 2.67 bits per heavy atom. The van der Waals surface area contributed by atoms with Crippen LogP contribution in [0.4, 0.5) is 19.1 Å². The fourth-order valence-electron chi connectivity index (χ4n) is 2.83. The quantitative estimate of drug-likeness (QED) is 0.661. The molecule has 10 heteroatoms. The van der Waals surface area contributed by atoms with E-state index in [1.807, 2.05) is 0 Å². The van der Waals surface area contributed by atoms with Gasteiger partial charge in [0.05, 0.1) is 0 Å². The first-order valence-electron chi connectivity index (χ1n) is 7.78. The molecule has 1 atom stereocenters. The van der Waals surface area contributed by atoms with Gasteiger partial charge in [0.15, 0.2) is 0 Å². The van der Waals surface area contributed by atoms with Gasteiger partial charge in [0, 0.05) is 15.7 Å². The van der Waals surface area contributed by atoms with Crippen molar-refractivity contribution in [3.8, 4) is 5.75 Å². The van der Waals surface area contributed by atoms with Crippen molar-refractivity contribution in [3.63, 3.8) is 0 Å². The molecular formula is C17H11BrF3N5O. The number of halogens is 4. The fraction of sp³-hybridized carbons (Fsp3) is 0.118. The number of ether oxygens (including phenoxy) is 1. The maximum absolute atomic E-state index is 13.2. The zero-order valence-corrected chi connectivity index (χ0v) is 15.1. The van der Waals surface area contributed by atoms with E-state index in [0.29, 0.717) is 27.2 Å². The van der Waals surface area contributed by atoms with Crippen molar-refractivity contribution in [1.29, 1.82) is 0 Å². The van der Waals surface area contributed by atoms with Crippen LogP contribution in [0.2, 0.25) is 0 Å². The zero-order valence-electron chi connectivity index (χ0n) is 13.5. The number of benzene rings is 2. The van der Waals surface area contributed by atoms with Crippen LogP contribution in [0.3, 0.4) is 0 Å². The number of aromatic nitrogens is 4. The number of hydrogen-bond donors (Lipinski definition) is 1. The van der Waals surface area contributed by atoms with Crippen LogP contribution in [0, 0.1) is 5.82 Å². The van der Waals surface area contributed by atoms with Gasteiger partial charge in [0.25, 0.3) is 0 Å². The summed E-state index contributed by atoms with van der Waals surface area (Å²) in [5.41, 5.74) is 1.76. The lowest BCUT2D eigenvalue weighted by Crippen LogP contribution is -2.21. The Bertz CT molecular complexity index is 1010. The molecule has 0 aliphatic carbocycles. The van der Waals surface area contributed by atoms with Crippen molar-refractivity contribution >= 4 is 27.6 Å². The summed E-state index contributed by atoms with van der Waals surface area (Å²) in [5.74, 6) is -0.0304. The largest absolute Gasteiger partial charge is 0.434 e. The van der Waals surface area contributed by atoms with Gasteiger partial charge >= 0.3 is 6.61 Å². The van der Waals surface area contributed by atoms with Gasteiger partial charge in [-0.3, -0.25) is 0 Å². The first-order chi connectivity index (χ1) is 13.0. The van der Waals surface area contributed by atoms with Crippen molar-refractivity contribution in [2.75, 3.05) is 5.32 Å². The summed E-state index contributed by atoms with van der Waals surface area (Å²) < 4.78 is 45.7. The summed E-state index contributed by atoms with van der Waals surface area (Å²) in [6, 6.07) is 9.96. The molecule has 1 N–H and O–H groups in total. The van der Waals surface area contributed by atoms with Crippen molar-refractivity contribution in [1.82, 2.24) is 20.2 Å². The minimum Gasteiger partial charge on any atom is -0.434 e. The second-order valence-corrected chi connectivity index (χ2v) is 6.58. The van der Waals surface area contributed by atoms with E-state index in [2.05, 4.69) is 41.5 Å². The smallest absolute Gasteiger partial charge is 0.387 e. The highest BCUT2D eigenvalue weighted by Crippen LogP contribution is 2.37. The summed E-state index contributed by atoms with van der Waals surface area (Å²) >= 11 is 3.35. The van der Waals surface area contributed by atoms with E-state index in [1.165, 1.54) is 22.9 Å². The highest BCUT2D eigenvalue weighted by Gasteiger charge is 2.27. The highest BCUT2D eigenvalue weighted by molar-refractivity contribution is 9.10. The van der Waals surface area contributed by atoms with E-state index in [-0.39, 0.29) is 11.6 Å². The van der Waals surface area contributed by atoms with Gasteiger partial charge in [-0.15, -0.1) is 0 Å². The minimum absolute atomic E-state index is 0.0104. The number of fused-ring (bicyclic) bond motifs is 1. The summed E-state index contributed by atoms with van der Waals surface area (Å²) in [6.07, 6.45) is 1.76. The molecular weight excluding hydrogens is 427 g/mol. The Balaban J connectivity index is 1.83. The first kappa shape index (κ1) is 17.5.